The summed E-state index contributed by atoms with van der Waals surface area (Å²) in [4.78, 5) is 10.8. The second-order valence-electron chi connectivity index (χ2n) is 2.40. The minimum atomic E-state index is -0.536. The number of carbonyl (C=O) groups is 1. The lowest BCUT2D eigenvalue weighted by atomic mass is 10.2. The third kappa shape index (κ3) is 3.57. The van der Waals surface area contributed by atoms with Gasteiger partial charge in [0.1, 0.15) is 6.61 Å². The quantitative estimate of drug-likeness (QED) is 0.705. The topological polar surface area (TPSA) is 52.4 Å². The van der Waals surface area contributed by atoms with Gasteiger partial charge in [0.2, 0.25) is 0 Å². The number of benzene rings is 1. The molecule has 1 aromatic rings. The van der Waals surface area contributed by atoms with Crippen LogP contribution in [0.1, 0.15) is 5.56 Å². The second kappa shape index (κ2) is 5.16. The van der Waals surface area contributed by atoms with Crippen molar-refractivity contribution >= 4 is 6.09 Å². The number of hydrogen-bond acceptors (Lipinski definition) is 2. The number of hydrogen-bond donors (Lipinski definition) is 1. The predicted octanol–water partition coefficient (Wildman–Crippen LogP) is 1.06. The van der Waals surface area contributed by atoms with Crippen molar-refractivity contribution in [1.29, 1.82) is 0 Å². The fourth-order valence-electron chi connectivity index (χ4n) is 0.847. The number of rotatable bonds is 3. The molecular weight excluding hydrogens is 168 g/mol. The maximum Gasteiger partial charge on any atom is 0.423 e. The highest BCUT2D eigenvalue weighted by molar-refractivity contribution is 5.66. The van der Waals surface area contributed by atoms with Crippen LogP contribution in [-0.4, -0.2) is 13.1 Å². The summed E-state index contributed by atoms with van der Waals surface area (Å²) in [5.41, 5.74) is 6.56. The van der Waals surface area contributed by atoms with E-state index in [1.807, 2.05) is 30.3 Å². The molecule has 0 aliphatic rings. The number of nitrogens with one attached hydrogen (secondary N) is 1. The van der Waals surface area contributed by atoms with Gasteiger partial charge in [-0.2, -0.15) is 0 Å². The Labute approximate surface area is 76.9 Å². The molecule has 4 heteroatoms. The Morgan fingerprint density at radius 3 is 2.77 bits per heavy atom. The Hall–Kier alpha value is -1.55. The third-order valence-corrected chi connectivity index (χ3v) is 1.42. The van der Waals surface area contributed by atoms with Gasteiger partial charge in [-0.15, -0.1) is 5.43 Å². The standard InChI is InChI=1S/C9H11N2O2/c1-10-11-9(12)13-7-8-5-3-2-4-6-8/h2-6H,7H2,1H3,(H,11,12). The van der Waals surface area contributed by atoms with Gasteiger partial charge in [0, 0.05) is 7.05 Å². The third-order valence-electron chi connectivity index (χ3n) is 1.42. The summed E-state index contributed by atoms with van der Waals surface area (Å²) in [7, 11) is 1.48. The average Bonchev–Trinajstić information content (AvgIpc) is 2.17. The van der Waals surface area contributed by atoms with E-state index in [1.54, 1.807) is 0 Å². The van der Waals surface area contributed by atoms with Crippen molar-refractivity contribution in [3.05, 3.63) is 35.9 Å². The molecule has 0 unspecified atom stereocenters. The molecular formula is C9H11N2O2. The van der Waals surface area contributed by atoms with E-state index < -0.39 is 6.09 Å². The van der Waals surface area contributed by atoms with Crippen LogP contribution in [0.3, 0.4) is 0 Å². The van der Waals surface area contributed by atoms with E-state index in [2.05, 4.69) is 10.9 Å². The highest BCUT2D eigenvalue weighted by Gasteiger charge is 1.99. The van der Waals surface area contributed by atoms with E-state index in [0.717, 1.165) is 5.56 Å². The molecule has 0 aromatic heterocycles. The molecule has 1 amide bonds. The van der Waals surface area contributed by atoms with Gasteiger partial charge in [0.05, 0.1) is 0 Å². The normalized spacial score (nSPS) is 9.31. The smallest absolute Gasteiger partial charge is 0.423 e. The highest BCUT2D eigenvalue weighted by Crippen LogP contribution is 1.99. The molecule has 1 aromatic carbocycles. The molecule has 0 saturated carbocycles. The molecule has 0 heterocycles. The van der Waals surface area contributed by atoms with Gasteiger partial charge >= 0.3 is 6.09 Å². The number of carbonyl (C=O) groups excluding carboxylic acids is 1. The van der Waals surface area contributed by atoms with Crippen LogP contribution < -0.4 is 10.9 Å². The monoisotopic (exact) mass is 179 g/mol. The van der Waals surface area contributed by atoms with Crippen LogP contribution >= 0.6 is 0 Å². The zero-order valence-corrected chi connectivity index (χ0v) is 7.36. The van der Waals surface area contributed by atoms with Gasteiger partial charge in [0.15, 0.2) is 0 Å². The lowest BCUT2D eigenvalue weighted by Gasteiger charge is -2.03. The Kier molecular flexibility index (Phi) is 3.78. The molecule has 0 atom stereocenters. The van der Waals surface area contributed by atoms with Crippen molar-refractivity contribution in [2.75, 3.05) is 7.05 Å². The molecule has 69 valence electrons. The maximum atomic E-state index is 10.8. The van der Waals surface area contributed by atoms with Crippen LogP contribution in [-0.2, 0) is 11.3 Å². The molecule has 1 radical (unpaired) electrons. The van der Waals surface area contributed by atoms with E-state index in [1.165, 1.54) is 7.05 Å². The van der Waals surface area contributed by atoms with Gasteiger partial charge in [-0.1, -0.05) is 30.3 Å². The van der Waals surface area contributed by atoms with Crippen LogP contribution in [0, 0.1) is 0 Å². The molecule has 4 nitrogen and oxygen atoms in total. The Morgan fingerprint density at radius 1 is 1.46 bits per heavy atom. The first-order chi connectivity index (χ1) is 6.33. The van der Waals surface area contributed by atoms with E-state index in [9.17, 15) is 4.79 Å². The van der Waals surface area contributed by atoms with Crippen molar-refractivity contribution in [3.8, 4) is 0 Å². The Balaban J connectivity index is 2.31. The zero-order chi connectivity index (χ0) is 9.52. The van der Waals surface area contributed by atoms with Crippen LogP contribution in [0.25, 0.3) is 0 Å². The van der Waals surface area contributed by atoms with Gasteiger partial charge in [0.25, 0.3) is 0 Å². The van der Waals surface area contributed by atoms with Gasteiger partial charge in [-0.25, -0.2) is 10.2 Å². The molecule has 0 bridgehead atoms. The largest absolute Gasteiger partial charge is 0.444 e. The van der Waals surface area contributed by atoms with E-state index in [0.29, 0.717) is 0 Å². The first-order valence-electron chi connectivity index (χ1n) is 3.88. The molecule has 1 rings (SSSR count). The molecule has 0 saturated heterocycles. The van der Waals surface area contributed by atoms with Crippen LogP contribution in [0.15, 0.2) is 30.3 Å². The predicted molar refractivity (Wildman–Crippen MR) is 47.8 cm³/mol. The summed E-state index contributed by atoms with van der Waals surface area (Å²) in [6.45, 7) is 0.266. The van der Waals surface area contributed by atoms with Crippen molar-refractivity contribution in [1.82, 2.24) is 10.9 Å². The Bertz CT molecular complexity index is 262. The SMILES string of the molecule is C[N]NC(=O)OCc1ccccc1. The minimum Gasteiger partial charge on any atom is -0.444 e. The van der Waals surface area contributed by atoms with E-state index in [4.69, 9.17) is 4.74 Å². The number of ether oxygens (including phenoxy) is 1. The molecule has 0 aliphatic heterocycles. The second-order valence-corrected chi connectivity index (χ2v) is 2.40. The summed E-state index contributed by atoms with van der Waals surface area (Å²) >= 11 is 0. The van der Waals surface area contributed by atoms with Crippen LogP contribution in [0.4, 0.5) is 4.79 Å². The summed E-state index contributed by atoms with van der Waals surface area (Å²) in [6, 6.07) is 9.46. The van der Waals surface area contributed by atoms with E-state index in [-0.39, 0.29) is 6.61 Å². The number of nitrogens with zero attached hydrogens (tertiary/aromatic N) is 1. The first-order valence-corrected chi connectivity index (χ1v) is 3.88. The summed E-state index contributed by atoms with van der Waals surface area (Å²) in [5.74, 6) is 0. The summed E-state index contributed by atoms with van der Waals surface area (Å²) in [6.07, 6.45) is -0.536. The van der Waals surface area contributed by atoms with Crippen molar-refractivity contribution < 1.29 is 9.53 Å². The van der Waals surface area contributed by atoms with Gasteiger partial charge in [-0.05, 0) is 5.56 Å². The van der Waals surface area contributed by atoms with Crippen molar-refractivity contribution in [3.63, 3.8) is 0 Å². The van der Waals surface area contributed by atoms with Crippen molar-refractivity contribution in [2.24, 2.45) is 0 Å². The highest BCUT2D eigenvalue weighted by atomic mass is 16.6. The lowest BCUT2D eigenvalue weighted by molar-refractivity contribution is 0.135. The summed E-state index contributed by atoms with van der Waals surface area (Å²) < 4.78 is 4.82. The zero-order valence-electron chi connectivity index (χ0n) is 7.36. The molecule has 1 N–H and O–H groups in total. The maximum absolute atomic E-state index is 10.8. The fourth-order valence-corrected chi connectivity index (χ4v) is 0.847. The molecule has 13 heavy (non-hydrogen) atoms. The van der Waals surface area contributed by atoms with Crippen LogP contribution in [0.5, 0.6) is 0 Å². The van der Waals surface area contributed by atoms with E-state index >= 15 is 0 Å². The summed E-state index contributed by atoms with van der Waals surface area (Å²) in [5, 5.41) is 0. The molecule has 0 fully saturated rings. The van der Waals surface area contributed by atoms with Gasteiger partial charge in [-0.3, -0.25) is 0 Å². The molecule has 0 aliphatic carbocycles. The van der Waals surface area contributed by atoms with Gasteiger partial charge < -0.3 is 4.74 Å². The lowest BCUT2D eigenvalue weighted by Crippen LogP contribution is -2.29. The van der Waals surface area contributed by atoms with Crippen LogP contribution in [0.2, 0.25) is 0 Å². The first kappa shape index (κ1) is 9.54. The van der Waals surface area contributed by atoms with Crippen molar-refractivity contribution in [2.45, 2.75) is 6.61 Å². The fraction of sp³-hybridized carbons (Fsp3) is 0.222. The Morgan fingerprint density at radius 2 is 2.15 bits per heavy atom. The average molecular weight is 179 g/mol. The number of amides is 1. The minimum absolute atomic E-state index is 0.266. The molecule has 0 spiro atoms.